The van der Waals surface area contributed by atoms with Crippen molar-refractivity contribution in [3.05, 3.63) is 30.1 Å². The molecule has 6 heteroatoms. The van der Waals surface area contributed by atoms with Crippen LogP contribution in [0.3, 0.4) is 0 Å². The van der Waals surface area contributed by atoms with Crippen LogP contribution in [0, 0.1) is 0 Å². The Morgan fingerprint density at radius 1 is 1.37 bits per heavy atom. The van der Waals surface area contributed by atoms with Gasteiger partial charge in [-0.15, -0.1) is 0 Å². The number of aliphatic hydroxyl groups is 1. The van der Waals surface area contributed by atoms with Gasteiger partial charge >= 0.3 is 5.97 Å². The minimum Gasteiger partial charge on any atom is -0.475 e. The van der Waals surface area contributed by atoms with Crippen molar-refractivity contribution in [1.29, 1.82) is 0 Å². The topological polar surface area (TPSA) is 95.3 Å². The Kier molecular flexibility index (Phi) is 3.91. The molecule has 0 amide bonds. The van der Waals surface area contributed by atoms with E-state index in [1.807, 2.05) is 19.1 Å². The summed E-state index contributed by atoms with van der Waals surface area (Å²) in [5.74, 6) is -0.926. The summed E-state index contributed by atoms with van der Waals surface area (Å²) in [4.78, 5) is 19.0. The van der Waals surface area contributed by atoms with Gasteiger partial charge in [-0.3, -0.25) is 0 Å². The van der Waals surface area contributed by atoms with Crippen LogP contribution >= 0.6 is 0 Å². The van der Waals surface area contributed by atoms with Gasteiger partial charge in [0.15, 0.2) is 0 Å². The van der Waals surface area contributed by atoms with E-state index in [9.17, 15) is 4.79 Å². The van der Waals surface area contributed by atoms with Crippen molar-refractivity contribution in [1.82, 2.24) is 9.97 Å². The van der Waals surface area contributed by atoms with E-state index in [1.54, 1.807) is 12.1 Å². The van der Waals surface area contributed by atoms with Crippen LogP contribution in [0.25, 0.3) is 10.9 Å². The fourth-order valence-electron chi connectivity index (χ4n) is 1.78. The molecule has 100 valence electrons. The monoisotopic (exact) mass is 261 g/mol. The predicted molar refractivity (Wildman–Crippen MR) is 71.3 cm³/mol. The second-order valence-corrected chi connectivity index (χ2v) is 4.28. The van der Waals surface area contributed by atoms with E-state index in [-0.39, 0.29) is 18.5 Å². The summed E-state index contributed by atoms with van der Waals surface area (Å²) in [5.41, 5.74) is 0.577. The van der Waals surface area contributed by atoms with E-state index in [4.69, 9.17) is 10.2 Å². The fraction of sp³-hybridized carbons (Fsp3) is 0.308. The summed E-state index contributed by atoms with van der Waals surface area (Å²) in [6.45, 7) is 1.95. The summed E-state index contributed by atoms with van der Waals surface area (Å²) >= 11 is 0. The molecule has 0 aliphatic heterocycles. The number of hydrogen-bond donors (Lipinski definition) is 3. The zero-order valence-electron chi connectivity index (χ0n) is 10.5. The summed E-state index contributed by atoms with van der Waals surface area (Å²) < 4.78 is 0. The summed E-state index contributed by atoms with van der Waals surface area (Å²) in [6.07, 6.45) is 0.556. The van der Waals surface area contributed by atoms with Crippen molar-refractivity contribution >= 4 is 22.7 Å². The largest absolute Gasteiger partial charge is 0.475 e. The third-order valence-electron chi connectivity index (χ3n) is 2.74. The number of anilines is 1. The number of aromatic carboxylic acids is 1. The zero-order valence-corrected chi connectivity index (χ0v) is 10.5. The maximum absolute atomic E-state index is 11.0. The Balaban J connectivity index is 2.47. The molecule has 1 atom stereocenters. The molecule has 1 aromatic heterocycles. The quantitative estimate of drug-likeness (QED) is 0.755. The van der Waals surface area contributed by atoms with Crippen molar-refractivity contribution in [3.63, 3.8) is 0 Å². The number of hydrogen-bond acceptors (Lipinski definition) is 5. The molecule has 0 saturated heterocycles. The van der Waals surface area contributed by atoms with Crippen LogP contribution in [0.4, 0.5) is 5.82 Å². The number of fused-ring (bicyclic) bond motifs is 1. The standard InChI is InChI=1S/C13H15N3O3/c1-8(6-7-17)14-11-9-4-2-3-5-10(9)15-12(16-11)13(18)19/h2-5,8,17H,6-7H2,1H3,(H,18,19)(H,14,15,16). The Hall–Kier alpha value is -2.21. The molecule has 2 aromatic rings. The summed E-state index contributed by atoms with van der Waals surface area (Å²) in [6, 6.07) is 7.20. The molecule has 1 heterocycles. The molecule has 0 saturated carbocycles. The van der Waals surface area contributed by atoms with Gasteiger partial charge in [0, 0.05) is 18.0 Å². The minimum atomic E-state index is -1.16. The van der Waals surface area contributed by atoms with Gasteiger partial charge in [0.1, 0.15) is 5.82 Å². The first-order chi connectivity index (χ1) is 9.11. The van der Waals surface area contributed by atoms with Gasteiger partial charge in [-0.25, -0.2) is 14.8 Å². The Labute approximate surface area is 110 Å². The van der Waals surface area contributed by atoms with Gasteiger partial charge in [0.2, 0.25) is 5.82 Å². The lowest BCUT2D eigenvalue weighted by molar-refractivity contribution is 0.0684. The van der Waals surface area contributed by atoms with Gasteiger partial charge in [-0.1, -0.05) is 12.1 Å². The van der Waals surface area contributed by atoms with Crippen molar-refractivity contribution in [3.8, 4) is 0 Å². The molecule has 2 rings (SSSR count). The molecule has 0 aliphatic rings. The average Bonchev–Trinajstić information content (AvgIpc) is 2.38. The Morgan fingerprint density at radius 2 is 2.11 bits per heavy atom. The van der Waals surface area contributed by atoms with Crippen LogP contribution in [0.15, 0.2) is 24.3 Å². The number of benzene rings is 1. The maximum Gasteiger partial charge on any atom is 0.374 e. The lowest BCUT2D eigenvalue weighted by Gasteiger charge is -2.15. The number of aliphatic hydroxyl groups excluding tert-OH is 1. The van der Waals surface area contributed by atoms with Gasteiger partial charge in [0.05, 0.1) is 5.52 Å². The van der Waals surface area contributed by atoms with Gasteiger partial charge < -0.3 is 15.5 Å². The van der Waals surface area contributed by atoms with Crippen LogP contribution in [-0.2, 0) is 0 Å². The number of rotatable bonds is 5. The number of nitrogens with zero attached hydrogens (tertiary/aromatic N) is 2. The number of para-hydroxylation sites is 1. The SMILES string of the molecule is CC(CCO)Nc1nc(C(=O)O)nc2ccccc12. The summed E-state index contributed by atoms with van der Waals surface area (Å²) in [5, 5.41) is 21.8. The third-order valence-corrected chi connectivity index (χ3v) is 2.74. The van der Waals surface area contributed by atoms with E-state index in [1.165, 1.54) is 0 Å². The van der Waals surface area contributed by atoms with E-state index >= 15 is 0 Å². The van der Waals surface area contributed by atoms with Crippen LogP contribution < -0.4 is 5.32 Å². The molecular weight excluding hydrogens is 246 g/mol. The van der Waals surface area contributed by atoms with Crippen LogP contribution in [0.1, 0.15) is 24.0 Å². The Morgan fingerprint density at radius 3 is 2.79 bits per heavy atom. The predicted octanol–water partition coefficient (Wildman–Crippen LogP) is 1.51. The molecule has 6 nitrogen and oxygen atoms in total. The molecular formula is C13H15N3O3. The lowest BCUT2D eigenvalue weighted by atomic mass is 10.2. The van der Waals surface area contributed by atoms with Gasteiger partial charge in [0.25, 0.3) is 0 Å². The van der Waals surface area contributed by atoms with Crippen LogP contribution in [0.2, 0.25) is 0 Å². The smallest absolute Gasteiger partial charge is 0.374 e. The molecule has 0 aliphatic carbocycles. The maximum atomic E-state index is 11.0. The first kappa shape index (κ1) is 13.2. The highest BCUT2D eigenvalue weighted by Gasteiger charge is 2.13. The first-order valence-electron chi connectivity index (χ1n) is 5.99. The molecule has 0 bridgehead atoms. The average molecular weight is 261 g/mol. The van der Waals surface area contributed by atoms with Crippen molar-refractivity contribution in [2.45, 2.75) is 19.4 Å². The van der Waals surface area contributed by atoms with Crippen LogP contribution in [0.5, 0.6) is 0 Å². The number of carbonyl (C=O) groups is 1. The second-order valence-electron chi connectivity index (χ2n) is 4.28. The first-order valence-corrected chi connectivity index (χ1v) is 5.99. The number of nitrogens with one attached hydrogen (secondary N) is 1. The third kappa shape index (κ3) is 2.97. The normalized spacial score (nSPS) is 12.3. The molecule has 0 fully saturated rings. The Bertz CT molecular complexity index is 601. The van der Waals surface area contributed by atoms with Crippen LogP contribution in [-0.4, -0.2) is 38.8 Å². The zero-order chi connectivity index (χ0) is 13.8. The molecule has 3 N–H and O–H groups in total. The molecule has 1 aromatic carbocycles. The van der Waals surface area contributed by atoms with E-state index in [0.29, 0.717) is 17.8 Å². The summed E-state index contributed by atoms with van der Waals surface area (Å²) in [7, 11) is 0. The lowest BCUT2D eigenvalue weighted by Crippen LogP contribution is -2.19. The number of carboxylic acid groups (broad SMARTS) is 1. The van der Waals surface area contributed by atoms with Gasteiger partial charge in [-0.2, -0.15) is 0 Å². The molecule has 0 radical (unpaired) electrons. The molecule has 0 spiro atoms. The van der Waals surface area contributed by atoms with Crippen molar-refractivity contribution in [2.75, 3.05) is 11.9 Å². The minimum absolute atomic E-state index is 0.00930. The highest BCUT2D eigenvalue weighted by molar-refractivity contribution is 5.93. The number of aromatic nitrogens is 2. The van der Waals surface area contributed by atoms with E-state index < -0.39 is 5.97 Å². The van der Waals surface area contributed by atoms with E-state index in [2.05, 4.69) is 15.3 Å². The van der Waals surface area contributed by atoms with E-state index in [0.717, 1.165) is 5.39 Å². The van der Waals surface area contributed by atoms with Crippen molar-refractivity contribution in [2.24, 2.45) is 0 Å². The molecule has 1 unspecified atom stereocenters. The second kappa shape index (κ2) is 5.62. The number of carboxylic acids is 1. The highest BCUT2D eigenvalue weighted by Crippen LogP contribution is 2.21. The fourth-order valence-corrected chi connectivity index (χ4v) is 1.78. The van der Waals surface area contributed by atoms with Crippen molar-refractivity contribution < 1.29 is 15.0 Å². The highest BCUT2D eigenvalue weighted by atomic mass is 16.4. The van der Waals surface area contributed by atoms with Gasteiger partial charge in [-0.05, 0) is 25.5 Å². The molecule has 19 heavy (non-hydrogen) atoms.